The Kier molecular flexibility index (Phi) is 15.8. The van der Waals surface area contributed by atoms with E-state index in [1.165, 1.54) is 42.4 Å². The van der Waals surface area contributed by atoms with Crippen molar-refractivity contribution in [3.63, 3.8) is 0 Å². The van der Waals surface area contributed by atoms with E-state index in [9.17, 15) is 19.8 Å². The number of aliphatic hydroxyl groups is 2. The van der Waals surface area contributed by atoms with Gasteiger partial charge in [-0.05, 0) is 116 Å². The lowest BCUT2D eigenvalue weighted by Crippen LogP contribution is -2.16. The molecule has 0 bridgehead atoms. The first-order valence-electron chi connectivity index (χ1n) is 17.3. The number of aliphatic hydroxyl groups excluding tert-OH is 2. The molecule has 0 saturated heterocycles. The molecule has 0 atom stereocenters. The third kappa shape index (κ3) is 11.3. The van der Waals surface area contributed by atoms with Gasteiger partial charge in [0.05, 0.1) is 19.8 Å². The van der Waals surface area contributed by atoms with Gasteiger partial charge in [0, 0.05) is 31.1 Å². The highest BCUT2D eigenvalue weighted by molar-refractivity contribution is 5.86. The van der Waals surface area contributed by atoms with E-state index in [4.69, 9.17) is 14.2 Å². The van der Waals surface area contributed by atoms with Crippen LogP contribution in [0.5, 0.6) is 5.75 Å². The molecule has 1 aliphatic carbocycles. The van der Waals surface area contributed by atoms with Crippen molar-refractivity contribution in [2.24, 2.45) is 11.8 Å². The lowest BCUT2D eigenvalue weighted by Gasteiger charge is -2.27. The zero-order chi connectivity index (χ0) is 33.5. The van der Waals surface area contributed by atoms with E-state index in [-0.39, 0.29) is 31.7 Å². The summed E-state index contributed by atoms with van der Waals surface area (Å²) in [6.07, 6.45) is 9.39. The normalized spacial score (nSPS) is 16.3. The van der Waals surface area contributed by atoms with E-state index in [2.05, 4.69) is 50.8 Å². The Morgan fingerprint density at radius 2 is 1.52 bits per heavy atom. The van der Waals surface area contributed by atoms with Crippen molar-refractivity contribution in [1.29, 1.82) is 0 Å². The molecule has 7 heteroatoms. The number of hydrogen-bond donors (Lipinski definition) is 2. The van der Waals surface area contributed by atoms with Crippen molar-refractivity contribution >= 4 is 11.9 Å². The Balaban J connectivity index is 1.98. The lowest BCUT2D eigenvalue weighted by atomic mass is 9.78. The Bertz CT molecular complexity index is 1270. The van der Waals surface area contributed by atoms with E-state index in [1.807, 2.05) is 0 Å². The third-order valence-electron chi connectivity index (χ3n) is 9.15. The number of rotatable bonds is 19. The van der Waals surface area contributed by atoms with Crippen LogP contribution in [0.2, 0.25) is 0 Å². The van der Waals surface area contributed by atoms with Gasteiger partial charge >= 0.3 is 11.9 Å². The third-order valence-corrected chi connectivity index (χ3v) is 9.15. The summed E-state index contributed by atoms with van der Waals surface area (Å²) in [7, 11) is 0. The molecule has 0 spiro atoms. The van der Waals surface area contributed by atoms with Gasteiger partial charge in [0.15, 0.2) is 0 Å². The maximum absolute atomic E-state index is 12.0. The number of esters is 2. The number of benzene rings is 2. The summed E-state index contributed by atoms with van der Waals surface area (Å²) >= 11 is 0. The van der Waals surface area contributed by atoms with Crippen LogP contribution in [0.15, 0.2) is 42.5 Å². The lowest BCUT2D eigenvalue weighted by molar-refractivity contribution is -0.143. The summed E-state index contributed by atoms with van der Waals surface area (Å²) in [5.74, 6) is 1.34. The monoisotopic (exact) mass is 636 g/mol. The molecule has 3 rings (SSSR count). The van der Waals surface area contributed by atoms with Crippen LogP contribution in [0.4, 0.5) is 0 Å². The summed E-state index contributed by atoms with van der Waals surface area (Å²) in [5, 5.41) is 19.2. The molecule has 7 nitrogen and oxygen atoms in total. The number of carbonyl (C=O) groups excluding carboxylic acids is 2. The van der Waals surface area contributed by atoms with Crippen molar-refractivity contribution in [2.45, 2.75) is 104 Å². The molecule has 46 heavy (non-hydrogen) atoms. The fourth-order valence-corrected chi connectivity index (χ4v) is 6.17. The zero-order valence-electron chi connectivity index (χ0n) is 28.6. The highest BCUT2D eigenvalue weighted by Crippen LogP contribution is 2.39. The minimum Gasteiger partial charge on any atom is -0.493 e. The molecule has 1 aliphatic rings. The molecular formula is C39H56O7. The summed E-state index contributed by atoms with van der Waals surface area (Å²) < 4.78 is 17.2. The first-order chi connectivity index (χ1) is 22.2. The molecule has 2 aromatic carbocycles. The molecule has 0 heterocycles. The van der Waals surface area contributed by atoms with Crippen LogP contribution >= 0.6 is 0 Å². The molecule has 0 aliphatic heterocycles. The van der Waals surface area contributed by atoms with Crippen LogP contribution in [0.1, 0.15) is 107 Å². The highest BCUT2D eigenvalue weighted by Gasteiger charge is 2.22. The summed E-state index contributed by atoms with van der Waals surface area (Å²) in [6.45, 7) is 12.4. The Labute approximate surface area is 276 Å². The van der Waals surface area contributed by atoms with Gasteiger partial charge in [0.1, 0.15) is 5.75 Å². The van der Waals surface area contributed by atoms with E-state index in [0.29, 0.717) is 63.2 Å². The van der Waals surface area contributed by atoms with E-state index in [0.717, 1.165) is 34.8 Å². The second kappa shape index (κ2) is 19.5. The molecule has 1 fully saturated rings. The first-order valence-corrected chi connectivity index (χ1v) is 17.3. The summed E-state index contributed by atoms with van der Waals surface area (Å²) in [5.41, 5.74) is 7.49. The molecule has 1 saturated carbocycles. The molecular weight excluding hydrogens is 580 g/mol. The molecule has 0 radical (unpaired) electrons. The topological polar surface area (TPSA) is 102 Å². The average Bonchev–Trinajstić information content (AvgIpc) is 3.07. The minimum absolute atomic E-state index is 0.106. The van der Waals surface area contributed by atoms with Crippen LogP contribution in [0.3, 0.4) is 0 Å². The van der Waals surface area contributed by atoms with Crippen molar-refractivity contribution in [3.8, 4) is 16.9 Å². The van der Waals surface area contributed by atoms with E-state index >= 15 is 0 Å². The van der Waals surface area contributed by atoms with Crippen LogP contribution in [-0.2, 0) is 38.3 Å². The number of carbonyl (C=O) groups is 2. The van der Waals surface area contributed by atoms with Gasteiger partial charge in [0.25, 0.3) is 0 Å². The Morgan fingerprint density at radius 3 is 2.09 bits per heavy atom. The maximum Gasteiger partial charge on any atom is 0.333 e. The second-order valence-corrected chi connectivity index (χ2v) is 12.9. The summed E-state index contributed by atoms with van der Waals surface area (Å²) in [6, 6.07) is 11.4. The maximum atomic E-state index is 12.0. The smallest absolute Gasteiger partial charge is 0.333 e. The molecule has 0 aromatic heterocycles. The predicted molar refractivity (Wildman–Crippen MR) is 183 cm³/mol. The van der Waals surface area contributed by atoms with Crippen molar-refractivity contribution in [1.82, 2.24) is 0 Å². The molecule has 2 N–H and O–H groups in total. The van der Waals surface area contributed by atoms with Crippen LogP contribution in [0, 0.1) is 11.8 Å². The van der Waals surface area contributed by atoms with Crippen molar-refractivity contribution in [2.75, 3.05) is 33.0 Å². The predicted octanol–water partition coefficient (Wildman–Crippen LogP) is 7.52. The van der Waals surface area contributed by atoms with Crippen molar-refractivity contribution < 1.29 is 34.0 Å². The quantitative estimate of drug-likeness (QED) is 0.0934. The van der Waals surface area contributed by atoms with Crippen molar-refractivity contribution in [3.05, 3.63) is 64.7 Å². The largest absolute Gasteiger partial charge is 0.493 e. The minimum atomic E-state index is -0.397. The second-order valence-electron chi connectivity index (χ2n) is 12.9. The molecule has 254 valence electrons. The number of aryl methyl sites for hydroxylation is 3. The van der Waals surface area contributed by atoms with Crippen LogP contribution < -0.4 is 4.74 Å². The molecule has 2 aromatic rings. The SMILES string of the molecule is C=C(C)C(=O)OCCCc1cc(-c2ccc(C3CCC(C)CC3)cc2CC)cc(CCCOC(=O)CC)c1OCCC(CO)CO. The van der Waals surface area contributed by atoms with E-state index < -0.39 is 5.97 Å². The fourth-order valence-electron chi connectivity index (χ4n) is 6.17. The van der Waals surface area contributed by atoms with E-state index in [1.54, 1.807) is 13.8 Å². The fraction of sp³-hybridized carbons (Fsp3) is 0.590. The zero-order valence-corrected chi connectivity index (χ0v) is 28.6. The van der Waals surface area contributed by atoms with Gasteiger partial charge in [-0.15, -0.1) is 0 Å². The molecule has 0 amide bonds. The number of ether oxygens (including phenoxy) is 3. The standard InChI is InChI=1S/C39H56O7/c1-6-30-22-32(31-14-12-28(5)13-15-31)16-17-36(30)35-23-33(10-8-19-44-37(42)7-2)38(45-21-18-29(25-40)26-41)34(24-35)11-9-20-46-39(43)27(3)4/h16-17,22-24,28-29,31,40-41H,3,6-15,18-21,25-26H2,1-2,4-5H3. The summed E-state index contributed by atoms with van der Waals surface area (Å²) in [4.78, 5) is 23.8. The van der Waals surface area contributed by atoms with Gasteiger partial charge in [-0.3, -0.25) is 4.79 Å². The number of hydrogen-bond acceptors (Lipinski definition) is 7. The molecule has 0 unspecified atom stereocenters. The van der Waals surface area contributed by atoms with Crippen LogP contribution in [0.25, 0.3) is 11.1 Å². The van der Waals surface area contributed by atoms with Gasteiger partial charge < -0.3 is 24.4 Å². The van der Waals surface area contributed by atoms with Gasteiger partial charge in [-0.25, -0.2) is 4.79 Å². The highest BCUT2D eigenvalue weighted by atomic mass is 16.5. The van der Waals surface area contributed by atoms with Gasteiger partial charge in [0.2, 0.25) is 0 Å². The average molecular weight is 637 g/mol. The van der Waals surface area contributed by atoms with Gasteiger partial charge in [-0.1, -0.05) is 58.4 Å². The van der Waals surface area contributed by atoms with Crippen LogP contribution in [-0.4, -0.2) is 55.2 Å². The Morgan fingerprint density at radius 1 is 0.891 bits per heavy atom. The Hall–Kier alpha value is -3.16. The van der Waals surface area contributed by atoms with Gasteiger partial charge in [-0.2, -0.15) is 0 Å². The first kappa shape index (κ1) is 37.3.